The first-order chi connectivity index (χ1) is 23.3. The van der Waals surface area contributed by atoms with E-state index in [4.69, 9.17) is 8.83 Å². The second-order valence-electron chi connectivity index (χ2n) is 12.8. The molecule has 0 saturated heterocycles. The SMILES string of the molecule is c1ccc2c(c1)-c1cccc3c1B1c4c(cccc4N3c3cccc4c3oc3ccccc34)-c3c(ccc4c3oc3ccccc34)N12. The molecular weight excluding hydrogens is 575 g/mol. The summed E-state index contributed by atoms with van der Waals surface area (Å²) < 4.78 is 13.4. The van der Waals surface area contributed by atoms with Crippen molar-refractivity contribution in [2.75, 3.05) is 9.71 Å². The molecule has 0 saturated carbocycles. The minimum absolute atomic E-state index is 0.00255. The smallest absolute Gasteiger partial charge is 0.333 e. The fourth-order valence-electron chi connectivity index (χ4n) is 8.78. The van der Waals surface area contributed by atoms with Gasteiger partial charge in [-0.05, 0) is 70.6 Å². The minimum Gasteiger partial charge on any atom is -0.455 e. The molecule has 3 aliphatic rings. The summed E-state index contributed by atoms with van der Waals surface area (Å²) in [5, 5.41) is 4.53. The number of anilines is 5. The third kappa shape index (κ3) is 2.83. The minimum atomic E-state index is 0.00255. The zero-order valence-corrected chi connectivity index (χ0v) is 25.1. The van der Waals surface area contributed by atoms with Gasteiger partial charge in [0, 0.05) is 55.4 Å². The second kappa shape index (κ2) is 8.33. The first kappa shape index (κ1) is 24.1. The second-order valence-corrected chi connectivity index (χ2v) is 12.8. The summed E-state index contributed by atoms with van der Waals surface area (Å²) >= 11 is 0. The summed E-state index contributed by atoms with van der Waals surface area (Å²) in [4.78, 5) is 5.00. The van der Waals surface area contributed by atoms with E-state index in [-0.39, 0.29) is 6.85 Å². The average molecular weight is 598 g/mol. The molecule has 0 unspecified atom stereocenters. The van der Waals surface area contributed by atoms with Crippen molar-refractivity contribution in [1.82, 2.24) is 0 Å². The largest absolute Gasteiger partial charge is 0.455 e. The van der Waals surface area contributed by atoms with Crippen LogP contribution in [0.25, 0.3) is 66.1 Å². The Bertz CT molecular complexity index is 2850. The summed E-state index contributed by atoms with van der Waals surface area (Å²) in [5.74, 6) is 0. The fraction of sp³-hybridized carbons (Fsp3) is 0. The summed E-state index contributed by atoms with van der Waals surface area (Å²) in [6.07, 6.45) is 0. The van der Waals surface area contributed by atoms with E-state index in [2.05, 4.69) is 137 Å². The van der Waals surface area contributed by atoms with E-state index in [9.17, 15) is 0 Å². The molecule has 0 bridgehead atoms. The van der Waals surface area contributed by atoms with Gasteiger partial charge in [0.05, 0.1) is 5.69 Å². The van der Waals surface area contributed by atoms with Crippen molar-refractivity contribution in [3.8, 4) is 22.3 Å². The molecule has 0 fully saturated rings. The van der Waals surface area contributed by atoms with Crippen LogP contribution in [0.2, 0.25) is 0 Å². The van der Waals surface area contributed by atoms with Gasteiger partial charge in [-0.2, -0.15) is 0 Å². The van der Waals surface area contributed by atoms with Gasteiger partial charge in [-0.3, -0.25) is 0 Å². The Morgan fingerprint density at radius 2 is 0.936 bits per heavy atom. The van der Waals surface area contributed by atoms with Crippen molar-refractivity contribution in [1.29, 1.82) is 0 Å². The van der Waals surface area contributed by atoms with Crippen LogP contribution in [0, 0.1) is 0 Å². The number of rotatable bonds is 1. The molecule has 12 rings (SSSR count). The van der Waals surface area contributed by atoms with Crippen molar-refractivity contribution in [3.63, 3.8) is 0 Å². The maximum Gasteiger partial charge on any atom is 0.333 e. The van der Waals surface area contributed by atoms with Gasteiger partial charge in [0.2, 0.25) is 0 Å². The Balaban J connectivity index is 1.26. The highest BCUT2D eigenvalue weighted by atomic mass is 16.3. The van der Waals surface area contributed by atoms with Crippen LogP contribution < -0.4 is 20.6 Å². The van der Waals surface area contributed by atoms with E-state index in [1.54, 1.807) is 0 Å². The van der Waals surface area contributed by atoms with Gasteiger partial charge in [0.15, 0.2) is 5.58 Å². The number of hydrogen-bond acceptors (Lipinski definition) is 4. The number of para-hydroxylation sites is 4. The Morgan fingerprint density at radius 3 is 1.74 bits per heavy atom. The van der Waals surface area contributed by atoms with E-state index in [0.29, 0.717) is 0 Å². The fourth-order valence-corrected chi connectivity index (χ4v) is 8.78. The van der Waals surface area contributed by atoms with E-state index in [1.165, 1.54) is 44.7 Å². The molecule has 0 N–H and O–H groups in total. The van der Waals surface area contributed by atoms with E-state index >= 15 is 0 Å². The van der Waals surface area contributed by atoms with Gasteiger partial charge in [-0.25, -0.2) is 0 Å². The van der Waals surface area contributed by atoms with Crippen LogP contribution in [0.5, 0.6) is 0 Å². The number of hydrogen-bond donors (Lipinski definition) is 0. The highest BCUT2D eigenvalue weighted by Crippen LogP contribution is 2.54. The number of nitrogens with zero attached hydrogens (tertiary/aromatic N) is 2. The number of fused-ring (bicyclic) bond motifs is 13. The molecule has 0 aliphatic carbocycles. The predicted octanol–water partition coefficient (Wildman–Crippen LogP) is 10.2. The third-order valence-corrected chi connectivity index (χ3v) is 10.6. The van der Waals surface area contributed by atoms with Crippen LogP contribution in [0.4, 0.5) is 28.4 Å². The van der Waals surface area contributed by atoms with Crippen molar-refractivity contribution < 1.29 is 8.83 Å². The lowest BCUT2D eigenvalue weighted by molar-refractivity contribution is 0.669. The molecule has 0 amide bonds. The maximum atomic E-state index is 6.75. The molecule has 216 valence electrons. The van der Waals surface area contributed by atoms with Gasteiger partial charge in [-0.1, -0.05) is 91.0 Å². The molecule has 0 radical (unpaired) electrons. The lowest BCUT2D eigenvalue weighted by atomic mass is 9.41. The van der Waals surface area contributed by atoms with Crippen molar-refractivity contribution in [2.24, 2.45) is 0 Å². The topological polar surface area (TPSA) is 32.8 Å². The van der Waals surface area contributed by atoms with Gasteiger partial charge in [0.1, 0.15) is 16.7 Å². The Labute approximate surface area is 269 Å². The quantitative estimate of drug-likeness (QED) is 0.176. The average Bonchev–Trinajstić information content (AvgIpc) is 3.70. The predicted molar refractivity (Wildman–Crippen MR) is 194 cm³/mol. The van der Waals surface area contributed by atoms with Crippen molar-refractivity contribution in [2.45, 2.75) is 0 Å². The Kier molecular flexibility index (Phi) is 4.27. The molecule has 7 aromatic carbocycles. The van der Waals surface area contributed by atoms with Gasteiger partial charge < -0.3 is 18.5 Å². The van der Waals surface area contributed by atoms with Crippen LogP contribution in [0.15, 0.2) is 148 Å². The van der Waals surface area contributed by atoms with E-state index < -0.39 is 0 Å². The van der Waals surface area contributed by atoms with E-state index in [0.717, 1.165) is 60.8 Å². The molecule has 3 aliphatic heterocycles. The highest BCUT2D eigenvalue weighted by Gasteiger charge is 2.49. The van der Waals surface area contributed by atoms with Crippen molar-refractivity contribution in [3.05, 3.63) is 140 Å². The lowest BCUT2D eigenvalue weighted by Crippen LogP contribution is -2.63. The molecule has 4 nitrogen and oxygen atoms in total. The van der Waals surface area contributed by atoms with Crippen LogP contribution in [-0.4, -0.2) is 6.85 Å². The zero-order chi connectivity index (χ0) is 30.4. The molecule has 2 aromatic heterocycles. The summed E-state index contributed by atoms with van der Waals surface area (Å²) in [6.45, 7) is 0.00255. The summed E-state index contributed by atoms with van der Waals surface area (Å²) in [6, 6.07) is 50.2. The van der Waals surface area contributed by atoms with Crippen LogP contribution in [-0.2, 0) is 0 Å². The molecule has 47 heavy (non-hydrogen) atoms. The standard InChI is InChI=1S/C42H23BN2O2/c1-4-16-31-24(10-1)27-13-7-17-33-39(27)43-40-30(38-32(45(31)43)23-22-29-26-12-3-6-21-37(26)47-42(29)38)15-9-18-34(40)44(33)35-19-8-14-28-25-11-2-5-20-36(25)46-41(28)35/h1-23H. The Morgan fingerprint density at radius 1 is 0.383 bits per heavy atom. The summed E-state index contributed by atoms with van der Waals surface area (Å²) in [7, 11) is 0. The number of furan rings is 2. The lowest BCUT2D eigenvalue weighted by Gasteiger charge is -2.48. The third-order valence-electron chi connectivity index (χ3n) is 10.6. The van der Waals surface area contributed by atoms with Gasteiger partial charge >= 0.3 is 6.85 Å². The summed E-state index contributed by atoms with van der Waals surface area (Å²) in [5.41, 5.74) is 16.9. The highest BCUT2D eigenvalue weighted by molar-refractivity contribution is 6.95. The van der Waals surface area contributed by atoms with E-state index in [1.807, 2.05) is 12.1 Å². The zero-order valence-electron chi connectivity index (χ0n) is 25.1. The van der Waals surface area contributed by atoms with Gasteiger partial charge in [-0.15, -0.1) is 0 Å². The molecule has 0 spiro atoms. The van der Waals surface area contributed by atoms with Crippen LogP contribution in [0.1, 0.15) is 0 Å². The Hall–Kier alpha value is -6.20. The van der Waals surface area contributed by atoms with Crippen molar-refractivity contribution >= 4 is 90.1 Å². The maximum absolute atomic E-state index is 6.75. The first-order valence-corrected chi connectivity index (χ1v) is 16.1. The normalized spacial score (nSPS) is 13.8. The van der Waals surface area contributed by atoms with Crippen LogP contribution in [0.3, 0.4) is 0 Å². The molecule has 5 heterocycles. The van der Waals surface area contributed by atoms with Gasteiger partial charge in [0.25, 0.3) is 0 Å². The van der Waals surface area contributed by atoms with Crippen LogP contribution >= 0.6 is 0 Å². The first-order valence-electron chi connectivity index (χ1n) is 16.1. The molecule has 0 atom stereocenters. The molecule has 9 aromatic rings. The molecule has 5 heteroatoms. The molecular formula is C42H23BN2O2. The number of benzene rings is 7. The monoisotopic (exact) mass is 598 g/mol.